The van der Waals surface area contributed by atoms with Gasteiger partial charge in [0.25, 0.3) is 0 Å². The molecule has 5 heteroatoms. The molecule has 160 valence electrons. The summed E-state index contributed by atoms with van der Waals surface area (Å²) in [7, 11) is 0. The van der Waals surface area contributed by atoms with Crippen molar-refractivity contribution >= 4 is 11.7 Å². The first-order chi connectivity index (χ1) is 15.3. The Bertz CT molecular complexity index is 886. The van der Waals surface area contributed by atoms with Crippen LogP contribution in [0.25, 0.3) is 0 Å². The number of rotatable bonds is 7. The Morgan fingerprint density at radius 2 is 1.48 bits per heavy atom. The Balaban J connectivity index is 1.25. The number of nitrogens with zero attached hydrogens (tertiary/aromatic N) is 2. The minimum atomic E-state index is -0.0298. The number of hydrogen-bond donors (Lipinski definition) is 2. The summed E-state index contributed by atoms with van der Waals surface area (Å²) in [6.07, 6.45) is 6.38. The summed E-state index contributed by atoms with van der Waals surface area (Å²) in [4.78, 5) is 18.3. The molecule has 0 aliphatic carbocycles. The standard InChI is InChI=1S/C26H30N4O/c31-26(29-24-11-16-27-17-12-24)30-19-14-23(15-20-30)28-18-13-25(21-7-3-1-4-8-21)22-9-5-2-6-10-22/h1-12,16-17,23,25,28H,13-15,18-20H2,(H,27,29,31). The number of carbonyl (C=O) groups is 1. The van der Waals surface area contributed by atoms with Crippen molar-refractivity contribution in [3.63, 3.8) is 0 Å². The zero-order valence-corrected chi connectivity index (χ0v) is 17.8. The van der Waals surface area contributed by atoms with Crippen LogP contribution in [0.15, 0.2) is 85.2 Å². The Hall–Kier alpha value is -3.18. The molecule has 2 N–H and O–H groups in total. The fraction of sp³-hybridized carbons (Fsp3) is 0.308. The summed E-state index contributed by atoms with van der Waals surface area (Å²) in [5, 5.41) is 6.68. The number of carbonyl (C=O) groups excluding carboxylic acids is 1. The molecule has 0 atom stereocenters. The Kier molecular flexibility index (Phi) is 7.29. The number of amides is 2. The minimum absolute atomic E-state index is 0.0298. The third-order valence-corrected chi connectivity index (χ3v) is 5.98. The molecule has 0 bridgehead atoms. The van der Waals surface area contributed by atoms with E-state index >= 15 is 0 Å². The SMILES string of the molecule is O=C(Nc1ccncc1)N1CCC(NCCC(c2ccccc2)c2ccccc2)CC1. The molecule has 1 saturated heterocycles. The molecule has 2 aromatic carbocycles. The van der Waals surface area contributed by atoms with Crippen molar-refractivity contribution in [2.45, 2.75) is 31.2 Å². The molecule has 1 fully saturated rings. The lowest BCUT2D eigenvalue weighted by molar-refractivity contribution is 0.189. The molecule has 5 nitrogen and oxygen atoms in total. The van der Waals surface area contributed by atoms with Gasteiger partial charge in [-0.05, 0) is 49.1 Å². The van der Waals surface area contributed by atoms with E-state index in [0.717, 1.165) is 44.6 Å². The molecule has 2 amide bonds. The molecule has 1 aliphatic heterocycles. The molecule has 0 radical (unpaired) electrons. The number of urea groups is 1. The van der Waals surface area contributed by atoms with E-state index in [1.807, 2.05) is 17.0 Å². The average molecular weight is 415 g/mol. The van der Waals surface area contributed by atoms with Crippen LogP contribution >= 0.6 is 0 Å². The highest BCUT2D eigenvalue weighted by Crippen LogP contribution is 2.27. The second-order valence-electron chi connectivity index (χ2n) is 8.04. The van der Waals surface area contributed by atoms with Gasteiger partial charge in [0.1, 0.15) is 0 Å². The molecule has 4 rings (SSSR count). The van der Waals surface area contributed by atoms with E-state index in [-0.39, 0.29) is 6.03 Å². The fourth-order valence-electron chi connectivity index (χ4n) is 4.25. The van der Waals surface area contributed by atoms with E-state index in [9.17, 15) is 4.79 Å². The molecule has 3 aromatic rings. The van der Waals surface area contributed by atoms with Gasteiger partial charge < -0.3 is 15.5 Å². The number of aromatic nitrogens is 1. The van der Waals surface area contributed by atoms with Gasteiger partial charge in [-0.3, -0.25) is 4.98 Å². The summed E-state index contributed by atoms with van der Waals surface area (Å²) in [5.41, 5.74) is 3.50. The zero-order valence-electron chi connectivity index (χ0n) is 17.8. The van der Waals surface area contributed by atoms with Crippen LogP contribution in [0, 0.1) is 0 Å². The molecule has 0 saturated carbocycles. The lowest BCUT2D eigenvalue weighted by Gasteiger charge is -2.33. The quantitative estimate of drug-likeness (QED) is 0.579. The average Bonchev–Trinajstić information content (AvgIpc) is 2.84. The summed E-state index contributed by atoms with van der Waals surface area (Å²) in [6.45, 7) is 2.51. The normalized spacial score (nSPS) is 14.5. The monoisotopic (exact) mass is 414 g/mol. The Morgan fingerprint density at radius 3 is 2.06 bits per heavy atom. The van der Waals surface area contributed by atoms with Crippen molar-refractivity contribution < 1.29 is 4.79 Å². The number of likely N-dealkylation sites (tertiary alicyclic amines) is 1. The molecule has 2 heterocycles. The van der Waals surface area contributed by atoms with Gasteiger partial charge in [0.2, 0.25) is 0 Å². The van der Waals surface area contributed by atoms with Gasteiger partial charge in [0.05, 0.1) is 0 Å². The third-order valence-electron chi connectivity index (χ3n) is 5.98. The summed E-state index contributed by atoms with van der Waals surface area (Å²) < 4.78 is 0. The lowest BCUT2D eigenvalue weighted by atomic mass is 9.88. The summed E-state index contributed by atoms with van der Waals surface area (Å²) in [6, 6.07) is 25.5. The van der Waals surface area contributed by atoms with Crippen molar-refractivity contribution in [3.8, 4) is 0 Å². The van der Waals surface area contributed by atoms with Gasteiger partial charge >= 0.3 is 6.03 Å². The highest BCUT2D eigenvalue weighted by atomic mass is 16.2. The van der Waals surface area contributed by atoms with E-state index in [4.69, 9.17) is 0 Å². The van der Waals surface area contributed by atoms with Crippen molar-refractivity contribution in [1.82, 2.24) is 15.2 Å². The zero-order chi connectivity index (χ0) is 21.3. The van der Waals surface area contributed by atoms with Crippen LogP contribution in [0.1, 0.15) is 36.3 Å². The first-order valence-electron chi connectivity index (χ1n) is 11.1. The topological polar surface area (TPSA) is 57.3 Å². The first kappa shape index (κ1) is 21.1. The van der Waals surface area contributed by atoms with Gasteiger partial charge in [-0.25, -0.2) is 4.79 Å². The minimum Gasteiger partial charge on any atom is -0.324 e. The number of hydrogen-bond acceptors (Lipinski definition) is 3. The number of piperidine rings is 1. The highest BCUT2D eigenvalue weighted by molar-refractivity contribution is 5.89. The van der Waals surface area contributed by atoms with E-state index in [1.165, 1.54) is 11.1 Å². The van der Waals surface area contributed by atoms with Crippen LogP contribution in [0.3, 0.4) is 0 Å². The van der Waals surface area contributed by atoms with Crippen LogP contribution in [0.5, 0.6) is 0 Å². The largest absolute Gasteiger partial charge is 0.324 e. The van der Waals surface area contributed by atoms with Gasteiger partial charge in [-0.1, -0.05) is 60.7 Å². The molecule has 0 spiro atoms. The van der Waals surface area contributed by atoms with Crippen molar-refractivity contribution in [2.75, 3.05) is 25.0 Å². The fourth-order valence-corrected chi connectivity index (χ4v) is 4.25. The third kappa shape index (κ3) is 5.92. The number of benzene rings is 2. The number of anilines is 1. The van der Waals surface area contributed by atoms with Crippen molar-refractivity contribution in [3.05, 3.63) is 96.3 Å². The van der Waals surface area contributed by atoms with Crippen LogP contribution in [0.2, 0.25) is 0 Å². The van der Waals surface area contributed by atoms with Gasteiger partial charge in [-0.15, -0.1) is 0 Å². The van der Waals surface area contributed by atoms with Crippen molar-refractivity contribution in [2.24, 2.45) is 0 Å². The van der Waals surface area contributed by atoms with E-state index in [1.54, 1.807) is 12.4 Å². The van der Waals surface area contributed by atoms with Crippen LogP contribution in [-0.4, -0.2) is 41.6 Å². The summed E-state index contributed by atoms with van der Waals surface area (Å²) >= 11 is 0. The smallest absolute Gasteiger partial charge is 0.321 e. The molecular formula is C26H30N4O. The van der Waals surface area contributed by atoms with Crippen LogP contribution in [-0.2, 0) is 0 Å². The lowest BCUT2D eigenvalue weighted by Crippen LogP contribution is -2.46. The predicted octanol–water partition coefficient (Wildman–Crippen LogP) is 4.89. The van der Waals surface area contributed by atoms with Gasteiger partial charge in [-0.2, -0.15) is 0 Å². The van der Waals surface area contributed by atoms with E-state index in [0.29, 0.717) is 12.0 Å². The molecule has 1 aromatic heterocycles. The maximum absolute atomic E-state index is 12.5. The molecule has 0 unspecified atom stereocenters. The first-order valence-corrected chi connectivity index (χ1v) is 11.1. The predicted molar refractivity (Wildman–Crippen MR) is 125 cm³/mol. The van der Waals surface area contributed by atoms with Gasteiger partial charge in [0.15, 0.2) is 0 Å². The second kappa shape index (κ2) is 10.7. The Labute approximate surface area is 184 Å². The highest BCUT2D eigenvalue weighted by Gasteiger charge is 2.23. The van der Waals surface area contributed by atoms with Crippen LogP contribution in [0.4, 0.5) is 10.5 Å². The van der Waals surface area contributed by atoms with Crippen molar-refractivity contribution in [1.29, 1.82) is 0 Å². The van der Waals surface area contributed by atoms with Crippen LogP contribution < -0.4 is 10.6 Å². The molecular weight excluding hydrogens is 384 g/mol. The van der Waals surface area contributed by atoms with E-state index in [2.05, 4.69) is 76.3 Å². The van der Waals surface area contributed by atoms with E-state index < -0.39 is 0 Å². The second-order valence-corrected chi connectivity index (χ2v) is 8.04. The molecule has 31 heavy (non-hydrogen) atoms. The number of nitrogens with one attached hydrogen (secondary N) is 2. The maximum atomic E-state index is 12.5. The van der Waals surface area contributed by atoms with Gasteiger partial charge in [0, 0.05) is 43.1 Å². The number of pyridine rings is 1. The molecule has 1 aliphatic rings. The Morgan fingerprint density at radius 1 is 0.903 bits per heavy atom. The maximum Gasteiger partial charge on any atom is 0.321 e. The summed E-state index contributed by atoms with van der Waals surface area (Å²) in [5.74, 6) is 0.390.